The molecule has 0 unspecified atom stereocenters. The predicted molar refractivity (Wildman–Crippen MR) is 107 cm³/mol. The Morgan fingerprint density at radius 3 is 2.25 bits per heavy atom. The molecule has 0 aliphatic heterocycles. The van der Waals surface area contributed by atoms with E-state index in [1.165, 1.54) is 0 Å². The van der Waals surface area contributed by atoms with Gasteiger partial charge in [-0.15, -0.1) is 0 Å². The third-order valence-electron chi connectivity index (χ3n) is 4.14. The molecule has 0 bridgehead atoms. The second-order valence-corrected chi connectivity index (χ2v) is 6.34. The van der Waals surface area contributed by atoms with Crippen molar-refractivity contribution in [2.24, 2.45) is 0 Å². The molecular weight excluding hydrogens is 358 g/mol. The van der Waals surface area contributed by atoms with Gasteiger partial charge in [-0.3, -0.25) is 4.79 Å². The van der Waals surface area contributed by atoms with Gasteiger partial charge in [-0.2, -0.15) is 0 Å². The van der Waals surface area contributed by atoms with Crippen LogP contribution in [-0.4, -0.2) is 31.7 Å². The van der Waals surface area contributed by atoms with Crippen LogP contribution in [0.3, 0.4) is 0 Å². The molecule has 0 heterocycles. The number of unbranched alkanes of at least 4 members (excludes halogenated alkanes) is 1. The molecule has 2 aromatic carbocycles. The van der Waals surface area contributed by atoms with E-state index in [1.54, 1.807) is 38.3 Å². The summed E-state index contributed by atoms with van der Waals surface area (Å²) in [5.74, 6) is 0.547. The first-order valence-corrected chi connectivity index (χ1v) is 9.38. The SMILES string of the molecule is CCCCOc1ccc(C(=O)O[C@H](C)C(=O)NCc2ccc(OC)cc2)cc1. The molecule has 0 spiro atoms. The van der Waals surface area contributed by atoms with Gasteiger partial charge in [0, 0.05) is 6.54 Å². The molecule has 1 N–H and O–H groups in total. The molecule has 6 nitrogen and oxygen atoms in total. The molecule has 150 valence electrons. The Labute approximate surface area is 165 Å². The van der Waals surface area contributed by atoms with Crippen molar-refractivity contribution in [2.45, 2.75) is 39.3 Å². The number of rotatable bonds is 10. The summed E-state index contributed by atoms with van der Waals surface area (Å²) in [6.45, 7) is 4.63. The first-order valence-electron chi connectivity index (χ1n) is 9.38. The molecule has 2 aromatic rings. The third-order valence-corrected chi connectivity index (χ3v) is 4.14. The van der Waals surface area contributed by atoms with Gasteiger partial charge in [0.1, 0.15) is 11.5 Å². The maximum Gasteiger partial charge on any atom is 0.338 e. The number of methoxy groups -OCH3 is 1. The summed E-state index contributed by atoms with van der Waals surface area (Å²) in [5.41, 5.74) is 1.30. The molecular formula is C22H27NO5. The van der Waals surface area contributed by atoms with Crippen molar-refractivity contribution in [2.75, 3.05) is 13.7 Å². The van der Waals surface area contributed by atoms with E-state index in [2.05, 4.69) is 12.2 Å². The van der Waals surface area contributed by atoms with Crippen LogP contribution in [0.1, 0.15) is 42.6 Å². The van der Waals surface area contributed by atoms with Crippen molar-refractivity contribution in [3.05, 3.63) is 59.7 Å². The second kappa shape index (κ2) is 11.0. The van der Waals surface area contributed by atoms with Crippen molar-refractivity contribution < 1.29 is 23.8 Å². The fourth-order valence-corrected chi connectivity index (χ4v) is 2.38. The Bertz CT molecular complexity index is 756. The summed E-state index contributed by atoms with van der Waals surface area (Å²) in [7, 11) is 1.60. The summed E-state index contributed by atoms with van der Waals surface area (Å²) < 4.78 is 15.9. The van der Waals surface area contributed by atoms with E-state index in [0.29, 0.717) is 24.5 Å². The van der Waals surface area contributed by atoms with E-state index in [4.69, 9.17) is 14.2 Å². The molecule has 0 aliphatic rings. The standard InChI is InChI=1S/C22H27NO5/c1-4-5-14-27-20-12-8-18(9-13-20)22(25)28-16(2)21(24)23-15-17-6-10-19(26-3)11-7-17/h6-13,16H,4-5,14-15H2,1-3H3,(H,23,24)/t16-/m1/s1. The molecule has 0 fully saturated rings. The Balaban J connectivity index is 1.80. The van der Waals surface area contributed by atoms with Crippen LogP contribution in [-0.2, 0) is 16.1 Å². The van der Waals surface area contributed by atoms with Gasteiger partial charge in [0.05, 0.1) is 19.3 Å². The van der Waals surface area contributed by atoms with E-state index in [9.17, 15) is 9.59 Å². The Morgan fingerprint density at radius 1 is 1.00 bits per heavy atom. The van der Waals surface area contributed by atoms with E-state index in [0.717, 1.165) is 24.2 Å². The molecule has 0 aliphatic carbocycles. The van der Waals surface area contributed by atoms with Gasteiger partial charge in [0.15, 0.2) is 6.10 Å². The lowest BCUT2D eigenvalue weighted by atomic mass is 10.2. The highest BCUT2D eigenvalue weighted by Gasteiger charge is 2.18. The molecule has 0 radical (unpaired) electrons. The average Bonchev–Trinajstić information content (AvgIpc) is 2.73. The van der Waals surface area contributed by atoms with Gasteiger partial charge in [0.25, 0.3) is 5.91 Å². The van der Waals surface area contributed by atoms with Crippen LogP contribution < -0.4 is 14.8 Å². The average molecular weight is 385 g/mol. The smallest absolute Gasteiger partial charge is 0.338 e. The number of hydrogen-bond acceptors (Lipinski definition) is 5. The highest BCUT2D eigenvalue weighted by Crippen LogP contribution is 2.14. The molecule has 2 rings (SSSR count). The van der Waals surface area contributed by atoms with Gasteiger partial charge in [-0.25, -0.2) is 4.79 Å². The number of amides is 1. The fraction of sp³-hybridized carbons (Fsp3) is 0.364. The van der Waals surface area contributed by atoms with Crippen LogP contribution in [0.4, 0.5) is 0 Å². The first kappa shape index (κ1) is 21.3. The zero-order chi connectivity index (χ0) is 20.4. The van der Waals surface area contributed by atoms with Crippen LogP contribution in [0, 0.1) is 0 Å². The summed E-state index contributed by atoms with van der Waals surface area (Å²) in [5, 5.41) is 2.75. The van der Waals surface area contributed by atoms with Crippen molar-refractivity contribution in [1.82, 2.24) is 5.32 Å². The van der Waals surface area contributed by atoms with E-state index < -0.39 is 12.1 Å². The Morgan fingerprint density at radius 2 is 1.64 bits per heavy atom. The van der Waals surface area contributed by atoms with Gasteiger partial charge in [-0.1, -0.05) is 25.5 Å². The first-order chi connectivity index (χ1) is 13.5. The van der Waals surface area contributed by atoms with Crippen molar-refractivity contribution in [3.8, 4) is 11.5 Å². The van der Waals surface area contributed by atoms with E-state index in [-0.39, 0.29) is 5.91 Å². The van der Waals surface area contributed by atoms with Gasteiger partial charge in [0.2, 0.25) is 0 Å². The summed E-state index contributed by atoms with van der Waals surface area (Å²) in [6, 6.07) is 14.1. The topological polar surface area (TPSA) is 73.9 Å². The summed E-state index contributed by atoms with van der Waals surface area (Å²) in [6.07, 6.45) is 1.14. The second-order valence-electron chi connectivity index (χ2n) is 6.34. The van der Waals surface area contributed by atoms with Crippen molar-refractivity contribution in [3.63, 3.8) is 0 Å². The minimum Gasteiger partial charge on any atom is -0.497 e. The van der Waals surface area contributed by atoms with Gasteiger partial charge < -0.3 is 19.5 Å². The number of nitrogens with one attached hydrogen (secondary N) is 1. The number of hydrogen-bond donors (Lipinski definition) is 1. The minimum atomic E-state index is -0.897. The predicted octanol–water partition coefficient (Wildman–Crippen LogP) is 3.74. The maximum atomic E-state index is 12.2. The lowest BCUT2D eigenvalue weighted by Gasteiger charge is -2.14. The zero-order valence-corrected chi connectivity index (χ0v) is 16.6. The van der Waals surface area contributed by atoms with Gasteiger partial charge >= 0.3 is 5.97 Å². The number of carbonyl (C=O) groups is 2. The van der Waals surface area contributed by atoms with Crippen molar-refractivity contribution >= 4 is 11.9 Å². The highest BCUT2D eigenvalue weighted by molar-refractivity contribution is 5.92. The molecule has 1 amide bonds. The Kier molecular flexibility index (Phi) is 8.34. The molecule has 28 heavy (non-hydrogen) atoms. The lowest BCUT2D eigenvalue weighted by Crippen LogP contribution is -2.35. The zero-order valence-electron chi connectivity index (χ0n) is 16.6. The summed E-state index contributed by atoms with van der Waals surface area (Å²) >= 11 is 0. The molecule has 0 saturated heterocycles. The van der Waals surface area contributed by atoms with Crippen LogP contribution in [0.5, 0.6) is 11.5 Å². The number of carbonyl (C=O) groups excluding carboxylic acids is 2. The lowest BCUT2D eigenvalue weighted by molar-refractivity contribution is -0.129. The molecule has 0 saturated carbocycles. The normalized spacial score (nSPS) is 11.4. The van der Waals surface area contributed by atoms with Crippen LogP contribution >= 0.6 is 0 Å². The number of benzene rings is 2. The number of esters is 1. The fourth-order valence-electron chi connectivity index (χ4n) is 2.38. The number of ether oxygens (including phenoxy) is 3. The molecule has 1 atom stereocenters. The molecule has 6 heteroatoms. The quantitative estimate of drug-likeness (QED) is 0.498. The Hall–Kier alpha value is -3.02. The minimum absolute atomic E-state index is 0.342. The monoisotopic (exact) mass is 385 g/mol. The van der Waals surface area contributed by atoms with E-state index >= 15 is 0 Å². The van der Waals surface area contributed by atoms with Crippen LogP contribution in [0.2, 0.25) is 0 Å². The van der Waals surface area contributed by atoms with E-state index in [1.807, 2.05) is 24.3 Å². The highest BCUT2D eigenvalue weighted by atomic mass is 16.5. The van der Waals surface area contributed by atoms with Crippen molar-refractivity contribution in [1.29, 1.82) is 0 Å². The molecule has 0 aromatic heterocycles. The largest absolute Gasteiger partial charge is 0.497 e. The third kappa shape index (κ3) is 6.61. The van der Waals surface area contributed by atoms with Crippen LogP contribution in [0.15, 0.2) is 48.5 Å². The van der Waals surface area contributed by atoms with Gasteiger partial charge in [-0.05, 0) is 55.3 Å². The summed E-state index contributed by atoms with van der Waals surface area (Å²) in [4.78, 5) is 24.4. The maximum absolute atomic E-state index is 12.2. The van der Waals surface area contributed by atoms with Crippen LogP contribution in [0.25, 0.3) is 0 Å².